The summed E-state index contributed by atoms with van der Waals surface area (Å²) in [4.78, 5) is 4.63. The van der Waals surface area contributed by atoms with Crippen LogP contribution >= 0.6 is 0 Å². The van der Waals surface area contributed by atoms with Gasteiger partial charge in [0.1, 0.15) is 0 Å². The van der Waals surface area contributed by atoms with Gasteiger partial charge in [0, 0.05) is 35.7 Å². The highest BCUT2D eigenvalue weighted by molar-refractivity contribution is 6.07. The zero-order chi connectivity index (χ0) is 27.9. The summed E-state index contributed by atoms with van der Waals surface area (Å²) in [5.41, 5.74) is 6.77. The molecule has 206 valence electrons. The molecule has 1 heteroatoms. The van der Waals surface area contributed by atoms with Crippen LogP contribution in [-0.4, -0.2) is 4.98 Å². The van der Waals surface area contributed by atoms with Crippen LogP contribution in [0.5, 0.6) is 0 Å². The van der Waals surface area contributed by atoms with Crippen LogP contribution in [0.4, 0.5) is 0 Å². The fourth-order valence-electron chi connectivity index (χ4n) is 8.05. The Hall–Kier alpha value is -4.23. The maximum Gasteiger partial charge on any atom is 0.0346 e. The number of nitrogens with zero attached hydrogens (tertiary/aromatic N) is 1. The van der Waals surface area contributed by atoms with E-state index in [-0.39, 0.29) is 0 Å². The van der Waals surface area contributed by atoms with E-state index >= 15 is 0 Å². The fraction of sp³-hybridized carbons (Fsp3) is 0.244. The van der Waals surface area contributed by atoms with Gasteiger partial charge in [-0.05, 0) is 93.8 Å². The molecule has 42 heavy (non-hydrogen) atoms. The van der Waals surface area contributed by atoms with Gasteiger partial charge in [-0.2, -0.15) is 0 Å². The monoisotopic (exact) mass is 543 g/mol. The minimum atomic E-state index is 0.401. The number of pyridine rings is 1. The summed E-state index contributed by atoms with van der Waals surface area (Å²) < 4.78 is 0. The molecule has 1 heterocycles. The van der Waals surface area contributed by atoms with Gasteiger partial charge in [-0.15, -0.1) is 0 Å². The molecule has 1 aromatic heterocycles. The van der Waals surface area contributed by atoms with Gasteiger partial charge in [0.15, 0.2) is 0 Å². The van der Waals surface area contributed by atoms with E-state index in [1.807, 2.05) is 6.20 Å². The molecule has 8 rings (SSSR count). The average Bonchev–Trinajstić information content (AvgIpc) is 3.07. The predicted octanol–water partition coefficient (Wildman–Crippen LogP) is 10.9. The van der Waals surface area contributed by atoms with Gasteiger partial charge in [0.2, 0.25) is 0 Å². The highest BCUT2D eigenvalue weighted by atomic mass is 14.6. The first kappa shape index (κ1) is 25.5. The number of fused-ring (bicyclic) bond motifs is 3. The lowest BCUT2D eigenvalue weighted by molar-refractivity contribution is 0.374. The Labute approximate surface area is 249 Å². The van der Waals surface area contributed by atoms with Crippen LogP contribution in [0.15, 0.2) is 134 Å². The molecule has 0 N–H and O–H groups in total. The molecule has 0 fully saturated rings. The van der Waals surface area contributed by atoms with Crippen molar-refractivity contribution in [2.24, 2.45) is 11.8 Å². The van der Waals surface area contributed by atoms with Crippen LogP contribution in [0.1, 0.15) is 66.5 Å². The quantitative estimate of drug-likeness (QED) is 0.162. The van der Waals surface area contributed by atoms with Gasteiger partial charge in [-0.1, -0.05) is 115 Å². The molecule has 5 atom stereocenters. The molecular formula is C41H37N. The van der Waals surface area contributed by atoms with E-state index in [9.17, 15) is 0 Å². The largest absolute Gasteiger partial charge is 0.264 e. The Bertz CT molecular complexity index is 1790. The van der Waals surface area contributed by atoms with Crippen molar-refractivity contribution < 1.29 is 0 Å². The molecule has 3 aliphatic rings. The van der Waals surface area contributed by atoms with Crippen molar-refractivity contribution in [3.63, 3.8) is 0 Å². The van der Waals surface area contributed by atoms with Crippen molar-refractivity contribution in [2.45, 2.75) is 49.9 Å². The van der Waals surface area contributed by atoms with Crippen molar-refractivity contribution in [1.29, 1.82) is 0 Å². The topological polar surface area (TPSA) is 12.9 Å². The van der Waals surface area contributed by atoms with Crippen LogP contribution in [-0.2, 0) is 0 Å². The molecule has 5 aromatic rings. The van der Waals surface area contributed by atoms with Crippen LogP contribution in [0.25, 0.3) is 32.7 Å². The molecule has 0 spiro atoms. The Kier molecular flexibility index (Phi) is 6.60. The van der Waals surface area contributed by atoms with Gasteiger partial charge in [-0.3, -0.25) is 4.98 Å². The lowest BCUT2D eigenvalue weighted by atomic mass is 9.70. The zero-order valence-corrected chi connectivity index (χ0v) is 24.1. The number of hydrogen-bond acceptors (Lipinski definition) is 1. The molecule has 0 amide bonds. The van der Waals surface area contributed by atoms with E-state index in [1.54, 1.807) is 0 Å². The van der Waals surface area contributed by atoms with Gasteiger partial charge < -0.3 is 0 Å². The molecule has 0 saturated heterocycles. The molecule has 1 nitrogen and oxygen atoms in total. The molecule has 4 aromatic carbocycles. The summed E-state index contributed by atoms with van der Waals surface area (Å²) >= 11 is 0. The number of rotatable bonds is 4. The predicted molar refractivity (Wildman–Crippen MR) is 177 cm³/mol. The van der Waals surface area contributed by atoms with Crippen LogP contribution in [0.3, 0.4) is 0 Å². The van der Waals surface area contributed by atoms with Gasteiger partial charge >= 0.3 is 0 Å². The highest BCUT2D eigenvalue weighted by Gasteiger charge is 2.30. The fourth-order valence-corrected chi connectivity index (χ4v) is 8.05. The minimum absolute atomic E-state index is 0.401. The van der Waals surface area contributed by atoms with E-state index in [0.29, 0.717) is 29.6 Å². The van der Waals surface area contributed by atoms with Crippen LogP contribution < -0.4 is 0 Å². The Morgan fingerprint density at radius 1 is 0.500 bits per heavy atom. The minimum Gasteiger partial charge on any atom is -0.264 e. The molecule has 0 radical (unpaired) electrons. The van der Waals surface area contributed by atoms with Gasteiger partial charge in [0.05, 0.1) is 0 Å². The maximum absolute atomic E-state index is 4.63. The van der Waals surface area contributed by atoms with Crippen molar-refractivity contribution >= 4 is 21.5 Å². The van der Waals surface area contributed by atoms with E-state index in [2.05, 4.69) is 133 Å². The van der Waals surface area contributed by atoms with Crippen molar-refractivity contribution in [1.82, 2.24) is 4.98 Å². The Balaban J connectivity index is 1.18. The number of aromatic nitrogens is 1. The number of benzene rings is 4. The molecule has 5 unspecified atom stereocenters. The third-order valence-electron chi connectivity index (χ3n) is 10.1. The first-order valence-electron chi connectivity index (χ1n) is 15.8. The maximum atomic E-state index is 4.63. The Morgan fingerprint density at radius 2 is 1.12 bits per heavy atom. The second-order valence-corrected chi connectivity index (χ2v) is 12.5. The third-order valence-corrected chi connectivity index (χ3v) is 10.1. The van der Waals surface area contributed by atoms with Crippen LogP contribution in [0.2, 0.25) is 0 Å². The normalized spacial score (nSPS) is 25.1. The Morgan fingerprint density at radius 3 is 1.81 bits per heavy atom. The van der Waals surface area contributed by atoms with E-state index in [4.69, 9.17) is 0 Å². The first-order chi connectivity index (χ1) is 20.8. The molecular weight excluding hydrogens is 506 g/mol. The second-order valence-electron chi connectivity index (χ2n) is 12.5. The first-order valence-corrected chi connectivity index (χ1v) is 15.8. The molecule has 0 saturated carbocycles. The molecule has 3 aliphatic carbocycles. The summed E-state index contributed by atoms with van der Waals surface area (Å²) in [5, 5.41) is 5.74. The lowest BCUT2D eigenvalue weighted by Gasteiger charge is -2.34. The third kappa shape index (κ3) is 4.52. The van der Waals surface area contributed by atoms with Gasteiger partial charge in [-0.25, -0.2) is 0 Å². The molecule has 0 aliphatic heterocycles. The summed E-state index contributed by atoms with van der Waals surface area (Å²) in [6.07, 6.45) is 25.0. The average molecular weight is 544 g/mol. The second kappa shape index (κ2) is 10.9. The van der Waals surface area contributed by atoms with Crippen molar-refractivity contribution in [3.8, 4) is 11.1 Å². The van der Waals surface area contributed by atoms with E-state index in [0.717, 1.165) is 12.8 Å². The van der Waals surface area contributed by atoms with E-state index in [1.165, 1.54) is 68.6 Å². The SMILES string of the molecule is C1=CC2CC(c3c4ccccc4c(C4C=CC(c5cncc(-c6ccccc6)c5)CC4)c4ccccc34)C=CC2CC1. The zero-order valence-electron chi connectivity index (χ0n) is 24.1. The van der Waals surface area contributed by atoms with Crippen molar-refractivity contribution in [2.75, 3.05) is 0 Å². The number of allylic oxidation sites excluding steroid dienone is 6. The van der Waals surface area contributed by atoms with E-state index < -0.39 is 0 Å². The smallest absolute Gasteiger partial charge is 0.0346 e. The number of hydrogen-bond donors (Lipinski definition) is 0. The molecule has 0 bridgehead atoms. The highest BCUT2D eigenvalue weighted by Crippen LogP contribution is 2.48. The van der Waals surface area contributed by atoms with Gasteiger partial charge in [0.25, 0.3) is 0 Å². The van der Waals surface area contributed by atoms with Crippen LogP contribution in [0, 0.1) is 11.8 Å². The van der Waals surface area contributed by atoms with Crippen molar-refractivity contribution in [3.05, 3.63) is 150 Å². The summed E-state index contributed by atoms with van der Waals surface area (Å²) in [6, 6.07) is 31.4. The summed E-state index contributed by atoms with van der Waals surface area (Å²) in [7, 11) is 0. The lowest BCUT2D eigenvalue weighted by Crippen LogP contribution is -2.20. The summed E-state index contributed by atoms with van der Waals surface area (Å²) in [5.74, 6) is 2.64. The summed E-state index contributed by atoms with van der Waals surface area (Å²) in [6.45, 7) is 0. The standard InChI is InChI=1S/C41H37N/c1-2-10-28(11-3-1)34-25-35(27-42-26-34)30-18-21-31(22-19-30)40-36-14-6-8-16-38(36)41(39-17-9-7-15-37(39)40)33-23-20-29-12-4-5-13-32(29)24-33/h1-3,5-11,13-18,20-21,23,25-27,29-33H,4,12,19,22,24H2.